The highest BCUT2D eigenvalue weighted by atomic mass is 19.1. The lowest BCUT2D eigenvalue weighted by molar-refractivity contribution is -0.115. The van der Waals surface area contributed by atoms with Crippen LogP contribution in [-0.4, -0.2) is 83.6 Å². The zero-order valence-corrected chi connectivity index (χ0v) is 28.8. The van der Waals surface area contributed by atoms with Crippen molar-refractivity contribution >= 4 is 27.5 Å². The predicted molar refractivity (Wildman–Crippen MR) is 192 cm³/mol. The summed E-state index contributed by atoms with van der Waals surface area (Å²) in [7, 11) is 0. The van der Waals surface area contributed by atoms with Gasteiger partial charge in [-0.15, -0.1) is 6.42 Å². The third-order valence-corrected chi connectivity index (χ3v) is 12.7. The Morgan fingerprint density at radius 3 is 2.55 bits per heavy atom. The number of nitrogens with one attached hydrogen (secondary N) is 1. The number of fused-ring (bicyclic) bond motifs is 4. The number of anilines is 1. The van der Waals surface area contributed by atoms with E-state index in [-0.39, 0.29) is 39.7 Å². The minimum absolute atomic E-state index is 0.0161. The van der Waals surface area contributed by atoms with Gasteiger partial charge in [0.15, 0.2) is 5.82 Å². The van der Waals surface area contributed by atoms with Crippen LogP contribution in [0, 0.1) is 29.4 Å². The number of rotatable bonds is 8. The molecule has 0 amide bonds. The highest BCUT2D eigenvalue weighted by Gasteiger charge is 2.52. The van der Waals surface area contributed by atoms with Gasteiger partial charge in [-0.25, -0.2) is 8.78 Å². The second kappa shape index (κ2) is 11.7. The fourth-order valence-corrected chi connectivity index (χ4v) is 9.44. The van der Waals surface area contributed by atoms with Crippen LogP contribution in [0.5, 0.6) is 11.8 Å². The summed E-state index contributed by atoms with van der Waals surface area (Å²) in [6.45, 7) is 5.48. The van der Waals surface area contributed by atoms with Crippen LogP contribution in [0.3, 0.4) is 0 Å². The molecule has 10 rings (SSSR count). The topological polar surface area (TPSA) is 83.0 Å². The minimum Gasteiger partial charge on any atom is -0.508 e. The first-order valence-electron chi connectivity index (χ1n) is 18.8. The quantitative estimate of drug-likeness (QED) is 0.199. The Morgan fingerprint density at radius 2 is 1.84 bits per heavy atom. The zero-order chi connectivity index (χ0) is 34.5. The summed E-state index contributed by atoms with van der Waals surface area (Å²) in [6, 6.07) is 8.83. The Labute approximate surface area is 296 Å². The number of nitrogens with zero attached hydrogens (tertiary/aromatic N) is 4. The summed E-state index contributed by atoms with van der Waals surface area (Å²) in [4.78, 5) is 14.8. The molecule has 1 spiro atoms. The summed E-state index contributed by atoms with van der Waals surface area (Å²) in [5.41, 5.74) is 1.88. The van der Waals surface area contributed by atoms with Gasteiger partial charge in [0.2, 0.25) is 0 Å². The molecule has 8 nitrogen and oxygen atoms in total. The van der Waals surface area contributed by atoms with E-state index in [1.165, 1.54) is 37.5 Å². The fraction of sp³-hybridized carbons (Fsp3) is 0.512. The van der Waals surface area contributed by atoms with Crippen molar-refractivity contribution in [3.63, 3.8) is 0 Å². The maximum absolute atomic E-state index is 17.6. The lowest BCUT2D eigenvalue weighted by Gasteiger charge is -2.53. The summed E-state index contributed by atoms with van der Waals surface area (Å²) >= 11 is 0. The van der Waals surface area contributed by atoms with E-state index in [2.05, 4.69) is 21.0 Å². The molecular weight excluding hydrogens is 648 g/mol. The summed E-state index contributed by atoms with van der Waals surface area (Å²) < 4.78 is 45.2. The van der Waals surface area contributed by atoms with Gasteiger partial charge in [-0.05, 0) is 104 Å². The first kappa shape index (κ1) is 31.7. The van der Waals surface area contributed by atoms with Crippen LogP contribution in [-0.2, 0) is 4.74 Å². The molecule has 2 N–H and O–H groups in total. The molecule has 51 heavy (non-hydrogen) atoms. The van der Waals surface area contributed by atoms with E-state index in [0.29, 0.717) is 51.8 Å². The third-order valence-electron chi connectivity index (χ3n) is 12.7. The van der Waals surface area contributed by atoms with Crippen molar-refractivity contribution < 1.29 is 23.4 Å². The number of hydrogen-bond acceptors (Lipinski definition) is 8. The Balaban J connectivity index is 1.10. The van der Waals surface area contributed by atoms with Crippen LogP contribution in [0.1, 0.15) is 74.8 Å². The van der Waals surface area contributed by atoms with Crippen molar-refractivity contribution in [1.82, 2.24) is 20.2 Å². The van der Waals surface area contributed by atoms with Crippen LogP contribution in [0.2, 0.25) is 0 Å². The number of hydrogen-bond donors (Lipinski definition) is 2. The lowest BCUT2D eigenvalue weighted by atomic mass is 9.74. The van der Waals surface area contributed by atoms with E-state index in [9.17, 15) is 5.11 Å². The van der Waals surface area contributed by atoms with Crippen molar-refractivity contribution in [2.45, 2.75) is 81.3 Å². The number of ether oxygens (including phenoxy) is 2. The maximum Gasteiger partial charge on any atom is 0.319 e. The molecule has 3 aliphatic carbocycles. The van der Waals surface area contributed by atoms with Crippen molar-refractivity contribution in [3.8, 4) is 35.2 Å². The standard InChI is InChI=1S/C41H43F2N5O3/c1-2-29-33(42)9-6-25-16-28(49)17-31(34(25)29)35-30(24-4-5-24)18-32-37(36(35)43)45-39(46-38(32)47-19-26-7-8-27(20-47)44-26)51-22-40(12-13-40)21-48-14-15-50-23-41(48)10-3-11-41/h1,6,9,16-18,24,26-27,44,49H,3-5,7-8,10-15,19-23H2. The number of phenolic OH excluding ortho intramolecular Hbond substituents is 1. The van der Waals surface area contributed by atoms with Crippen LogP contribution in [0.15, 0.2) is 30.3 Å². The van der Waals surface area contributed by atoms with E-state index < -0.39 is 11.6 Å². The molecular formula is C41H43F2N5O3. The molecule has 4 heterocycles. The maximum atomic E-state index is 17.6. The van der Waals surface area contributed by atoms with E-state index in [4.69, 9.17) is 25.9 Å². The first-order chi connectivity index (χ1) is 24.8. The van der Waals surface area contributed by atoms with Crippen LogP contribution in [0.4, 0.5) is 14.6 Å². The predicted octanol–water partition coefficient (Wildman–Crippen LogP) is 6.65. The molecule has 3 aliphatic heterocycles. The number of phenols is 1. The van der Waals surface area contributed by atoms with E-state index in [1.54, 1.807) is 6.07 Å². The Hall–Kier alpha value is -4.04. The summed E-state index contributed by atoms with van der Waals surface area (Å²) in [5.74, 6) is 2.18. The molecule has 10 heteroatoms. The molecule has 3 saturated heterocycles. The second-order valence-electron chi connectivity index (χ2n) is 16.2. The second-order valence-corrected chi connectivity index (χ2v) is 16.2. The van der Waals surface area contributed by atoms with Crippen LogP contribution in [0.25, 0.3) is 32.8 Å². The molecule has 264 valence electrons. The number of piperazine rings is 1. The smallest absolute Gasteiger partial charge is 0.319 e. The Kier molecular flexibility index (Phi) is 7.29. The normalized spacial score (nSPS) is 24.9. The van der Waals surface area contributed by atoms with Gasteiger partial charge in [0.1, 0.15) is 22.9 Å². The fourth-order valence-electron chi connectivity index (χ4n) is 9.44. The number of morpholine rings is 1. The van der Waals surface area contributed by atoms with Crippen LogP contribution < -0.4 is 15.0 Å². The van der Waals surface area contributed by atoms with Gasteiger partial charge in [-0.2, -0.15) is 9.97 Å². The Morgan fingerprint density at radius 1 is 1.04 bits per heavy atom. The molecule has 3 aromatic carbocycles. The van der Waals surface area contributed by atoms with Gasteiger partial charge < -0.3 is 24.8 Å². The van der Waals surface area contributed by atoms with Crippen LogP contribution >= 0.6 is 0 Å². The molecule has 2 unspecified atom stereocenters. The van der Waals surface area contributed by atoms with Gasteiger partial charge >= 0.3 is 6.01 Å². The van der Waals surface area contributed by atoms with Gasteiger partial charge in [-0.1, -0.05) is 12.0 Å². The zero-order valence-electron chi connectivity index (χ0n) is 28.8. The molecule has 6 aliphatic rings. The number of terminal acetylenes is 1. The van der Waals surface area contributed by atoms with Gasteiger partial charge in [-0.3, -0.25) is 4.90 Å². The van der Waals surface area contributed by atoms with E-state index in [1.807, 2.05) is 6.07 Å². The Bertz CT molecular complexity index is 2110. The summed E-state index contributed by atoms with van der Waals surface area (Å²) in [5, 5.41) is 16.2. The summed E-state index contributed by atoms with van der Waals surface area (Å²) in [6.07, 6.45) is 15.6. The van der Waals surface area contributed by atoms with Crippen molar-refractivity contribution in [2.24, 2.45) is 5.41 Å². The first-order valence-corrected chi connectivity index (χ1v) is 18.8. The third kappa shape index (κ3) is 5.34. The molecule has 6 fully saturated rings. The largest absolute Gasteiger partial charge is 0.508 e. The average Bonchev–Trinajstić information content (AvgIpc) is 4.06. The number of benzene rings is 3. The number of aromatic nitrogens is 2. The monoisotopic (exact) mass is 691 g/mol. The van der Waals surface area contributed by atoms with Crippen molar-refractivity contribution in [3.05, 3.63) is 53.1 Å². The lowest BCUT2D eigenvalue weighted by Crippen LogP contribution is -2.62. The van der Waals surface area contributed by atoms with Gasteiger partial charge in [0.05, 0.1) is 25.4 Å². The van der Waals surface area contributed by atoms with E-state index >= 15 is 8.78 Å². The molecule has 0 radical (unpaired) electrons. The molecule has 2 atom stereocenters. The van der Waals surface area contributed by atoms with Crippen molar-refractivity contribution in [1.29, 1.82) is 0 Å². The molecule has 3 saturated carbocycles. The minimum atomic E-state index is -0.561. The SMILES string of the molecule is C#Cc1c(F)ccc2cc(O)cc(-c3c(C4CC4)cc4c(N5CC6CCC(C5)N6)nc(OCC5(CN6CCOCC67CCC7)CC5)nc4c3F)c12. The highest BCUT2D eigenvalue weighted by molar-refractivity contribution is 6.05. The average molecular weight is 692 g/mol. The van der Waals surface area contributed by atoms with Gasteiger partial charge in [0, 0.05) is 65.6 Å². The molecule has 2 bridgehead atoms. The molecule has 1 aromatic heterocycles. The molecule has 4 aromatic rings. The number of halogens is 2. The van der Waals surface area contributed by atoms with E-state index in [0.717, 1.165) is 83.5 Å². The highest BCUT2D eigenvalue weighted by Crippen LogP contribution is 2.52. The van der Waals surface area contributed by atoms with Crippen molar-refractivity contribution in [2.75, 3.05) is 50.9 Å². The number of aromatic hydroxyl groups is 1. The van der Waals surface area contributed by atoms with Gasteiger partial charge in [0.25, 0.3) is 0 Å².